The summed E-state index contributed by atoms with van der Waals surface area (Å²) in [6.07, 6.45) is -0.495. The molecule has 0 unspecified atom stereocenters. The Morgan fingerprint density at radius 3 is 2.00 bits per heavy atom. The maximum Gasteiger partial charge on any atom is 0.294 e. The van der Waals surface area contributed by atoms with Gasteiger partial charge in [-0.25, -0.2) is 0 Å². The maximum atomic E-state index is 9.50. The minimum atomic E-state index is -1.50. The van der Waals surface area contributed by atoms with Crippen molar-refractivity contribution in [3.05, 3.63) is 20.2 Å². The van der Waals surface area contributed by atoms with E-state index in [4.69, 9.17) is 21.1 Å². The topological polar surface area (TPSA) is 142 Å². The van der Waals surface area contributed by atoms with Crippen LogP contribution in [0.5, 0.6) is 0 Å². The predicted octanol–water partition coefficient (Wildman–Crippen LogP) is -0.806. The number of nitrogens with zero attached hydrogens (tertiary/aromatic N) is 2. The molecule has 0 aromatic carbocycles. The lowest BCUT2D eigenvalue weighted by molar-refractivity contribution is -0.766. The molecular formula is C3H9N3O6. The normalized spacial score (nSPS) is 10.5. The van der Waals surface area contributed by atoms with E-state index in [1.54, 1.807) is 0 Å². The molecule has 0 aliphatic carbocycles. The van der Waals surface area contributed by atoms with Crippen molar-refractivity contribution in [1.29, 1.82) is 0 Å². The minimum Gasteiger partial charge on any atom is -0.328 e. The summed E-state index contributed by atoms with van der Waals surface area (Å²) in [4.78, 5) is 21.9. The number of hydrogen-bond acceptors (Lipinski definition) is 6. The van der Waals surface area contributed by atoms with Gasteiger partial charge in [0, 0.05) is 6.54 Å². The van der Waals surface area contributed by atoms with E-state index in [0.717, 1.165) is 0 Å². The Kier molecular flexibility index (Phi) is 8.08. The van der Waals surface area contributed by atoms with Crippen LogP contribution in [-0.4, -0.2) is 28.0 Å². The molecule has 0 saturated heterocycles. The summed E-state index contributed by atoms with van der Waals surface area (Å²) in [7, 11) is 0. The Labute approximate surface area is 66.9 Å². The van der Waals surface area contributed by atoms with Crippen LogP contribution in [0, 0.1) is 20.2 Å². The zero-order chi connectivity index (χ0) is 10.1. The van der Waals surface area contributed by atoms with Gasteiger partial charge >= 0.3 is 0 Å². The molecule has 0 aliphatic rings. The lowest BCUT2D eigenvalue weighted by atomic mass is 10.4. The van der Waals surface area contributed by atoms with Gasteiger partial charge in [0.25, 0.3) is 10.2 Å². The molecule has 12 heavy (non-hydrogen) atoms. The molecule has 3 N–H and O–H groups in total. The first-order valence-electron chi connectivity index (χ1n) is 2.74. The molecule has 0 heterocycles. The molecule has 0 rings (SSSR count). The maximum absolute atomic E-state index is 9.50. The Morgan fingerprint density at radius 2 is 1.92 bits per heavy atom. The molecule has 0 aromatic heterocycles. The smallest absolute Gasteiger partial charge is 0.294 e. The summed E-state index contributed by atoms with van der Waals surface area (Å²) >= 11 is 0. The summed E-state index contributed by atoms with van der Waals surface area (Å²) in [5, 5.41) is 22.3. The van der Waals surface area contributed by atoms with Crippen LogP contribution in [-0.2, 0) is 4.84 Å². The molecular weight excluding hydrogens is 174 g/mol. The molecule has 9 nitrogen and oxygen atoms in total. The summed E-state index contributed by atoms with van der Waals surface area (Å²) in [5.41, 5.74) is 4.99. The molecule has 72 valence electrons. The van der Waals surface area contributed by atoms with Gasteiger partial charge in [-0.3, -0.25) is 0 Å². The third kappa shape index (κ3) is 23.8. The zero-order valence-electron chi connectivity index (χ0n) is 6.24. The van der Waals surface area contributed by atoms with Gasteiger partial charge in [-0.15, -0.1) is 20.2 Å². The van der Waals surface area contributed by atoms with E-state index in [1.807, 2.05) is 0 Å². The molecule has 0 aliphatic heterocycles. The Hall–Kier alpha value is -1.64. The molecule has 0 fully saturated rings. The van der Waals surface area contributed by atoms with E-state index in [-0.39, 0.29) is 6.54 Å². The van der Waals surface area contributed by atoms with Crippen molar-refractivity contribution in [2.75, 3.05) is 6.54 Å². The second-order valence-electron chi connectivity index (χ2n) is 1.61. The van der Waals surface area contributed by atoms with Gasteiger partial charge in [-0.2, -0.15) is 0 Å². The zero-order valence-corrected chi connectivity index (χ0v) is 6.24. The van der Waals surface area contributed by atoms with Gasteiger partial charge in [0.05, 0.1) is 0 Å². The van der Waals surface area contributed by atoms with E-state index in [2.05, 4.69) is 4.84 Å². The van der Waals surface area contributed by atoms with Crippen molar-refractivity contribution < 1.29 is 20.2 Å². The molecule has 0 spiro atoms. The number of hydrogen-bond donors (Lipinski definition) is 2. The van der Waals surface area contributed by atoms with Gasteiger partial charge < -0.3 is 15.8 Å². The largest absolute Gasteiger partial charge is 0.328 e. The van der Waals surface area contributed by atoms with Gasteiger partial charge in [0.1, 0.15) is 6.10 Å². The average molecular weight is 183 g/mol. The van der Waals surface area contributed by atoms with E-state index >= 15 is 0 Å². The predicted molar refractivity (Wildman–Crippen MR) is 35.4 cm³/mol. The van der Waals surface area contributed by atoms with E-state index in [0.29, 0.717) is 0 Å². The molecule has 0 saturated carbocycles. The van der Waals surface area contributed by atoms with Gasteiger partial charge in [0.2, 0.25) is 0 Å². The molecule has 0 bridgehead atoms. The fourth-order valence-corrected chi connectivity index (χ4v) is 0.190. The van der Waals surface area contributed by atoms with Gasteiger partial charge in [0.15, 0.2) is 0 Å². The van der Waals surface area contributed by atoms with Crippen LogP contribution in [0.1, 0.15) is 6.92 Å². The summed E-state index contributed by atoms with van der Waals surface area (Å²) in [6.45, 7) is 1.70. The van der Waals surface area contributed by atoms with Crippen LogP contribution < -0.4 is 5.73 Å². The van der Waals surface area contributed by atoms with Crippen LogP contribution >= 0.6 is 0 Å². The highest BCUT2D eigenvalue weighted by molar-refractivity contribution is 4.42. The SMILES string of the molecule is C[C@@H](CN)O[N+](=O)[O-].O=[N+]([O-])O. The van der Waals surface area contributed by atoms with Crippen molar-refractivity contribution in [2.24, 2.45) is 5.73 Å². The van der Waals surface area contributed by atoms with Crippen molar-refractivity contribution in [1.82, 2.24) is 0 Å². The number of rotatable bonds is 3. The highest BCUT2D eigenvalue weighted by atomic mass is 17.0. The highest BCUT2D eigenvalue weighted by Crippen LogP contribution is 1.84. The van der Waals surface area contributed by atoms with Crippen LogP contribution in [0.4, 0.5) is 0 Å². The number of nitrogens with two attached hydrogens (primary N) is 1. The molecule has 9 heteroatoms. The molecule has 0 radical (unpaired) electrons. The first-order chi connectivity index (χ1) is 5.40. The Morgan fingerprint density at radius 1 is 1.58 bits per heavy atom. The first-order valence-corrected chi connectivity index (χ1v) is 2.74. The van der Waals surface area contributed by atoms with Crippen LogP contribution in [0.25, 0.3) is 0 Å². The van der Waals surface area contributed by atoms with Gasteiger partial charge in [-0.05, 0) is 6.92 Å². The lowest BCUT2D eigenvalue weighted by Crippen LogP contribution is -2.22. The van der Waals surface area contributed by atoms with Crippen molar-refractivity contribution in [3.8, 4) is 0 Å². The van der Waals surface area contributed by atoms with E-state index in [1.165, 1.54) is 6.92 Å². The van der Waals surface area contributed by atoms with E-state index < -0.39 is 16.3 Å². The third-order valence-electron chi connectivity index (χ3n) is 0.598. The standard InChI is InChI=1S/C3H8N2O3.HNO3/c1-3(2-4)8-5(6)7;2-1(3)4/h3H,2,4H2,1H3;(H,2,3,4)/t3-;/m0./s1. The Balaban J connectivity index is 0. The summed E-state index contributed by atoms with van der Waals surface area (Å²) in [6, 6.07) is 0. The second kappa shape index (κ2) is 7.47. The Bertz CT molecular complexity index is 145. The minimum absolute atomic E-state index is 0.168. The van der Waals surface area contributed by atoms with Crippen LogP contribution in [0.15, 0.2) is 0 Å². The van der Waals surface area contributed by atoms with E-state index in [9.17, 15) is 10.1 Å². The highest BCUT2D eigenvalue weighted by Gasteiger charge is 2.01. The quantitative estimate of drug-likeness (QED) is 0.430. The molecule has 0 amide bonds. The lowest BCUT2D eigenvalue weighted by Gasteiger charge is -2.02. The van der Waals surface area contributed by atoms with Crippen molar-refractivity contribution in [3.63, 3.8) is 0 Å². The van der Waals surface area contributed by atoms with Gasteiger partial charge in [-0.1, -0.05) is 0 Å². The first kappa shape index (κ1) is 13.0. The monoisotopic (exact) mass is 183 g/mol. The summed E-state index contributed by atoms with van der Waals surface area (Å²) < 4.78 is 0. The van der Waals surface area contributed by atoms with Crippen molar-refractivity contribution >= 4 is 0 Å². The van der Waals surface area contributed by atoms with Crippen LogP contribution in [0.2, 0.25) is 0 Å². The third-order valence-corrected chi connectivity index (χ3v) is 0.598. The second-order valence-corrected chi connectivity index (χ2v) is 1.61. The fraction of sp³-hybridized carbons (Fsp3) is 1.00. The molecule has 0 aromatic rings. The van der Waals surface area contributed by atoms with Crippen LogP contribution in [0.3, 0.4) is 0 Å². The average Bonchev–Trinajstić information content (AvgIpc) is 1.84. The van der Waals surface area contributed by atoms with Crippen molar-refractivity contribution in [2.45, 2.75) is 13.0 Å². The summed E-state index contributed by atoms with van der Waals surface area (Å²) in [5.74, 6) is 0. The fourth-order valence-electron chi connectivity index (χ4n) is 0.190. The molecule has 1 atom stereocenters.